The zero-order valence-electron chi connectivity index (χ0n) is 12.5. The van der Waals surface area contributed by atoms with Crippen LogP contribution in [0.5, 0.6) is 0 Å². The van der Waals surface area contributed by atoms with Gasteiger partial charge in [0, 0.05) is 19.2 Å². The van der Waals surface area contributed by atoms with Crippen LogP contribution in [0, 0.1) is 11.8 Å². The molecule has 0 bridgehead atoms. The molecule has 3 N–H and O–H groups in total. The molecule has 3 atom stereocenters. The van der Waals surface area contributed by atoms with Gasteiger partial charge in [0.1, 0.15) is 0 Å². The highest BCUT2D eigenvalue weighted by atomic mass is 16.5. The summed E-state index contributed by atoms with van der Waals surface area (Å²) in [5, 5.41) is 15.0. The van der Waals surface area contributed by atoms with Crippen molar-refractivity contribution in [1.29, 1.82) is 0 Å². The smallest absolute Gasteiger partial charge is 0.315 e. The Morgan fingerprint density at radius 3 is 2.62 bits per heavy atom. The minimum atomic E-state index is -0.803. The van der Waals surface area contributed by atoms with Gasteiger partial charge in [-0.05, 0) is 31.6 Å². The summed E-state index contributed by atoms with van der Waals surface area (Å²) < 4.78 is 5.38. The molecule has 0 aromatic heterocycles. The van der Waals surface area contributed by atoms with E-state index >= 15 is 0 Å². The van der Waals surface area contributed by atoms with E-state index < -0.39 is 11.9 Å². The predicted molar refractivity (Wildman–Crippen MR) is 78.1 cm³/mol. The fraction of sp³-hybridized carbons (Fsp3) is 0.867. The van der Waals surface area contributed by atoms with Crippen molar-refractivity contribution in [3.05, 3.63) is 0 Å². The van der Waals surface area contributed by atoms with Crippen molar-refractivity contribution in [1.82, 2.24) is 10.6 Å². The number of rotatable bonds is 4. The lowest BCUT2D eigenvalue weighted by Crippen LogP contribution is -2.48. The van der Waals surface area contributed by atoms with E-state index in [-0.39, 0.29) is 12.1 Å². The molecule has 6 heteroatoms. The summed E-state index contributed by atoms with van der Waals surface area (Å²) in [6, 6.07) is -0.508. The van der Waals surface area contributed by atoms with Crippen LogP contribution in [0.25, 0.3) is 0 Å². The Bertz CT molecular complexity index is 356. The van der Waals surface area contributed by atoms with Crippen LogP contribution < -0.4 is 10.6 Å². The zero-order valence-corrected chi connectivity index (χ0v) is 12.5. The van der Waals surface area contributed by atoms with Gasteiger partial charge in [-0.15, -0.1) is 0 Å². The lowest BCUT2D eigenvalue weighted by atomic mass is 9.95. The first-order valence-electron chi connectivity index (χ1n) is 8.01. The first kappa shape index (κ1) is 16.1. The molecule has 2 fully saturated rings. The van der Waals surface area contributed by atoms with Gasteiger partial charge in [0.2, 0.25) is 0 Å². The topological polar surface area (TPSA) is 87.7 Å². The molecule has 0 aromatic carbocycles. The molecule has 6 nitrogen and oxygen atoms in total. The van der Waals surface area contributed by atoms with Crippen molar-refractivity contribution in [2.45, 2.75) is 51.0 Å². The second-order valence-corrected chi connectivity index (χ2v) is 6.13. The Balaban J connectivity index is 1.77. The number of urea groups is 1. The van der Waals surface area contributed by atoms with Crippen molar-refractivity contribution in [2.24, 2.45) is 11.8 Å². The standard InChI is InChI=1S/C15H26N2O4/c18-14(19)12-6-2-1-3-7-13(12)17-15(20)16-9-11-5-4-8-21-10-11/h11-13H,1-10H2,(H,18,19)(H2,16,17,20). The summed E-state index contributed by atoms with van der Waals surface area (Å²) in [4.78, 5) is 23.3. The van der Waals surface area contributed by atoms with Crippen molar-refractivity contribution in [3.63, 3.8) is 0 Å². The summed E-state index contributed by atoms with van der Waals surface area (Å²) >= 11 is 0. The molecule has 1 aliphatic heterocycles. The van der Waals surface area contributed by atoms with Crippen LogP contribution in [0.15, 0.2) is 0 Å². The van der Waals surface area contributed by atoms with Gasteiger partial charge in [0.15, 0.2) is 0 Å². The van der Waals surface area contributed by atoms with Gasteiger partial charge in [0.05, 0.1) is 12.5 Å². The molecule has 1 heterocycles. The number of nitrogens with one attached hydrogen (secondary N) is 2. The molecule has 2 rings (SSSR count). The average molecular weight is 298 g/mol. The molecule has 3 unspecified atom stereocenters. The molecule has 120 valence electrons. The number of hydrogen-bond acceptors (Lipinski definition) is 3. The number of carbonyl (C=O) groups is 2. The second kappa shape index (κ2) is 8.22. The number of carboxylic acids is 1. The predicted octanol–water partition coefficient (Wildman–Crippen LogP) is 1.75. The highest BCUT2D eigenvalue weighted by Gasteiger charge is 2.30. The van der Waals surface area contributed by atoms with Gasteiger partial charge in [-0.2, -0.15) is 0 Å². The van der Waals surface area contributed by atoms with Crippen LogP contribution in [0.4, 0.5) is 4.79 Å². The molecule has 1 saturated heterocycles. The minimum Gasteiger partial charge on any atom is -0.481 e. The van der Waals surface area contributed by atoms with Crippen LogP contribution >= 0.6 is 0 Å². The van der Waals surface area contributed by atoms with Crippen molar-refractivity contribution >= 4 is 12.0 Å². The van der Waals surface area contributed by atoms with E-state index in [9.17, 15) is 14.7 Å². The zero-order chi connectivity index (χ0) is 15.1. The first-order valence-corrected chi connectivity index (χ1v) is 8.01. The second-order valence-electron chi connectivity index (χ2n) is 6.13. The number of ether oxygens (including phenoxy) is 1. The Kier molecular flexibility index (Phi) is 6.29. The summed E-state index contributed by atoms with van der Waals surface area (Å²) in [5.41, 5.74) is 0. The molecule has 1 saturated carbocycles. The maximum atomic E-state index is 12.0. The number of aliphatic carboxylic acids is 1. The van der Waals surface area contributed by atoms with E-state index in [0.29, 0.717) is 25.5 Å². The Hall–Kier alpha value is -1.30. The maximum absolute atomic E-state index is 12.0. The highest BCUT2D eigenvalue weighted by Crippen LogP contribution is 2.23. The van der Waals surface area contributed by atoms with E-state index in [1.165, 1.54) is 0 Å². The summed E-state index contributed by atoms with van der Waals surface area (Å²) in [5.74, 6) is -0.895. The fourth-order valence-electron chi connectivity index (χ4n) is 3.20. The molecule has 2 aliphatic rings. The van der Waals surface area contributed by atoms with Crippen molar-refractivity contribution in [3.8, 4) is 0 Å². The van der Waals surface area contributed by atoms with Crippen molar-refractivity contribution in [2.75, 3.05) is 19.8 Å². The molecular weight excluding hydrogens is 272 g/mol. The number of carboxylic acid groups (broad SMARTS) is 1. The molecule has 0 radical (unpaired) electrons. The van der Waals surface area contributed by atoms with E-state index in [0.717, 1.165) is 45.1 Å². The van der Waals surface area contributed by atoms with E-state index in [2.05, 4.69) is 10.6 Å². The third-order valence-electron chi connectivity index (χ3n) is 4.46. The van der Waals surface area contributed by atoms with Crippen LogP contribution in [0.3, 0.4) is 0 Å². The summed E-state index contributed by atoms with van der Waals surface area (Å²) in [6.07, 6.45) is 6.46. The van der Waals surface area contributed by atoms with Gasteiger partial charge in [-0.25, -0.2) is 4.79 Å². The van der Waals surface area contributed by atoms with Crippen LogP contribution in [-0.4, -0.2) is 42.9 Å². The van der Waals surface area contributed by atoms with Crippen molar-refractivity contribution < 1.29 is 19.4 Å². The fourth-order valence-corrected chi connectivity index (χ4v) is 3.20. The van der Waals surface area contributed by atoms with E-state index in [1.807, 2.05) is 0 Å². The third-order valence-corrected chi connectivity index (χ3v) is 4.46. The first-order chi connectivity index (χ1) is 10.2. The normalized spacial score (nSPS) is 30.2. The lowest BCUT2D eigenvalue weighted by molar-refractivity contribution is -0.142. The van der Waals surface area contributed by atoms with Gasteiger partial charge in [-0.3, -0.25) is 4.79 Å². The Labute approximate surface area is 125 Å². The lowest BCUT2D eigenvalue weighted by Gasteiger charge is -2.25. The van der Waals surface area contributed by atoms with E-state index in [1.54, 1.807) is 0 Å². The van der Waals surface area contributed by atoms with E-state index in [4.69, 9.17) is 4.74 Å². The maximum Gasteiger partial charge on any atom is 0.315 e. The highest BCUT2D eigenvalue weighted by molar-refractivity contribution is 5.76. The van der Waals surface area contributed by atoms with Crippen LogP contribution in [0.2, 0.25) is 0 Å². The van der Waals surface area contributed by atoms with Gasteiger partial charge < -0.3 is 20.5 Å². The average Bonchev–Trinajstić information content (AvgIpc) is 2.72. The van der Waals surface area contributed by atoms with Crippen LogP contribution in [0.1, 0.15) is 44.9 Å². The Morgan fingerprint density at radius 1 is 1.10 bits per heavy atom. The quantitative estimate of drug-likeness (QED) is 0.690. The third kappa shape index (κ3) is 5.19. The van der Waals surface area contributed by atoms with Gasteiger partial charge >= 0.3 is 12.0 Å². The van der Waals surface area contributed by atoms with Crippen LogP contribution in [-0.2, 0) is 9.53 Å². The molecular formula is C15H26N2O4. The largest absolute Gasteiger partial charge is 0.481 e. The molecule has 0 spiro atoms. The summed E-state index contributed by atoms with van der Waals surface area (Å²) in [6.45, 7) is 2.10. The van der Waals surface area contributed by atoms with Gasteiger partial charge in [0.25, 0.3) is 0 Å². The summed E-state index contributed by atoms with van der Waals surface area (Å²) in [7, 11) is 0. The number of hydrogen-bond donors (Lipinski definition) is 3. The minimum absolute atomic E-state index is 0.251. The molecule has 0 aromatic rings. The number of carbonyl (C=O) groups excluding carboxylic acids is 1. The Morgan fingerprint density at radius 2 is 1.90 bits per heavy atom. The molecule has 1 aliphatic carbocycles. The number of amides is 2. The SMILES string of the molecule is O=C(NCC1CCCOC1)NC1CCCCCC1C(=O)O. The monoisotopic (exact) mass is 298 g/mol. The van der Waals surface area contributed by atoms with Gasteiger partial charge in [-0.1, -0.05) is 19.3 Å². The molecule has 2 amide bonds. The molecule has 21 heavy (non-hydrogen) atoms.